The molecular weight excluding hydrogens is 514 g/mol. The molecule has 4 aromatic carbocycles. The molecule has 6 rings (SSSR count). The van der Waals surface area contributed by atoms with Gasteiger partial charge in [-0.2, -0.15) is 0 Å². The van der Waals surface area contributed by atoms with E-state index in [1.54, 1.807) is 0 Å². The van der Waals surface area contributed by atoms with Gasteiger partial charge in [-0.15, -0.1) is 0 Å². The molecule has 5 heteroatoms. The minimum Gasteiger partial charge on any atom is -0.359 e. The maximum Gasteiger partial charge on any atom is 0.0875 e. The highest BCUT2D eigenvalue weighted by Gasteiger charge is 2.04. The van der Waals surface area contributed by atoms with E-state index in [9.17, 15) is 0 Å². The highest BCUT2D eigenvalue weighted by atomic mass is 14.7. The van der Waals surface area contributed by atoms with Crippen LogP contribution in [0.3, 0.4) is 0 Å². The highest BCUT2D eigenvalue weighted by Crippen LogP contribution is 2.24. The Kier molecular flexibility index (Phi) is 11.3. The molecule has 0 aliphatic heterocycles. The SMILES string of the molecule is C=NCc1ccc2[nH]cc3c4ccccc4c(nc2c1)/C=C\C=C/3.C=NCc1ccccc1.C=NCc1ccccc1. The second-order valence-electron chi connectivity index (χ2n) is 9.47. The number of H-pyrrole nitrogens is 1. The van der Waals surface area contributed by atoms with Gasteiger partial charge in [0.2, 0.25) is 0 Å². The Hall–Kier alpha value is -5.42. The molecule has 1 N–H and O–H groups in total. The number of aromatic nitrogens is 2. The molecule has 0 unspecified atom stereocenters. The molecule has 42 heavy (non-hydrogen) atoms. The van der Waals surface area contributed by atoms with Crippen LogP contribution in [0.25, 0.3) is 34.0 Å². The summed E-state index contributed by atoms with van der Waals surface area (Å²) >= 11 is 0. The molecule has 0 saturated carbocycles. The standard InChI is InChI=1S/C21H17N3.2C8H9N/c1-22-13-15-10-11-20-21(12-15)24-19-9-5-2-6-16(14-23-20)17-7-3-4-8-18(17)19;2*1-9-7-8-5-3-2-4-6-8/h2-12,14,23H,1,13H2;2*2-6H,1,7H2/b6-2-,9-5-,16-14?,24-19?;;. The minimum absolute atomic E-state index is 0.590. The van der Waals surface area contributed by atoms with E-state index in [4.69, 9.17) is 4.98 Å². The molecule has 0 fully saturated rings. The van der Waals surface area contributed by atoms with Crippen molar-refractivity contribution in [1.29, 1.82) is 0 Å². The van der Waals surface area contributed by atoms with E-state index < -0.39 is 0 Å². The normalized spacial score (nSPS) is 12.3. The van der Waals surface area contributed by atoms with Gasteiger partial charge in [0, 0.05) is 11.6 Å². The summed E-state index contributed by atoms with van der Waals surface area (Å²) in [6.07, 6.45) is 10.3. The number of rotatable bonds is 6. The quantitative estimate of drug-likeness (QED) is 0.211. The molecule has 2 bridgehead atoms. The van der Waals surface area contributed by atoms with Crippen LogP contribution in [0.4, 0.5) is 0 Å². The monoisotopic (exact) mass is 549 g/mol. The molecule has 0 saturated heterocycles. The first-order valence-electron chi connectivity index (χ1n) is 13.7. The number of aromatic amines is 1. The average molecular weight is 550 g/mol. The van der Waals surface area contributed by atoms with Gasteiger partial charge in [-0.1, -0.05) is 109 Å². The Morgan fingerprint density at radius 1 is 0.571 bits per heavy atom. The third-order valence-electron chi connectivity index (χ3n) is 6.41. The van der Waals surface area contributed by atoms with Crippen LogP contribution in [0.15, 0.2) is 136 Å². The predicted octanol–water partition coefficient (Wildman–Crippen LogP) is 8.86. The Morgan fingerprint density at radius 3 is 1.74 bits per heavy atom. The Labute approximate surface area is 247 Å². The summed E-state index contributed by atoms with van der Waals surface area (Å²) in [5, 5.41) is 2.30. The second-order valence-corrected chi connectivity index (χ2v) is 9.47. The fourth-order valence-electron chi connectivity index (χ4n) is 4.40. The topological polar surface area (TPSA) is 65.8 Å². The summed E-state index contributed by atoms with van der Waals surface area (Å²) in [5.74, 6) is 0. The highest BCUT2D eigenvalue weighted by molar-refractivity contribution is 5.95. The summed E-state index contributed by atoms with van der Waals surface area (Å²) in [4.78, 5) is 19.8. The van der Waals surface area contributed by atoms with Crippen molar-refractivity contribution in [2.45, 2.75) is 19.6 Å². The molecule has 1 heterocycles. The Bertz CT molecular complexity index is 1700. The maximum absolute atomic E-state index is 4.94. The van der Waals surface area contributed by atoms with Gasteiger partial charge in [0.15, 0.2) is 0 Å². The molecule has 1 aliphatic carbocycles. The average Bonchev–Trinajstić information content (AvgIpc) is 3.04. The van der Waals surface area contributed by atoms with E-state index in [1.165, 1.54) is 16.5 Å². The maximum atomic E-state index is 4.94. The van der Waals surface area contributed by atoms with Crippen molar-refractivity contribution in [1.82, 2.24) is 9.97 Å². The van der Waals surface area contributed by atoms with Crippen LogP contribution in [0.1, 0.15) is 27.9 Å². The Balaban J connectivity index is 0.000000184. The number of fused-ring (bicyclic) bond motifs is 1. The number of hydrogen-bond acceptors (Lipinski definition) is 4. The lowest BCUT2D eigenvalue weighted by Gasteiger charge is -2.02. The van der Waals surface area contributed by atoms with Crippen LogP contribution in [-0.4, -0.2) is 30.1 Å². The van der Waals surface area contributed by atoms with Gasteiger partial charge in [-0.25, -0.2) is 4.98 Å². The zero-order chi connectivity index (χ0) is 29.4. The number of allylic oxidation sites excluding steroid dienone is 2. The van der Waals surface area contributed by atoms with Crippen molar-refractivity contribution in [3.8, 4) is 0 Å². The van der Waals surface area contributed by atoms with Crippen LogP contribution in [0.2, 0.25) is 0 Å². The van der Waals surface area contributed by atoms with E-state index >= 15 is 0 Å². The first-order chi connectivity index (χ1) is 20.7. The number of hydrogen-bond donors (Lipinski definition) is 1. The number of benzene rings is 4. The fourth-order valence-corrected chi connectivity index (χ4v) is 4.40. The molecular formula is C37H35N5. The number of nitrogens with one attached hydrogen (secondary N) is 1. The van der Waals surface area contributed by atoms with Gasteiger partial charge in [-0.05, 0) is 66.0 Å². The minimum atomic E-state index is 0.590. The lowest BCUT2D eigenvalue weighted by molar-refractivity contribution is 1.08. The van der Waals surface area contributed by atoms with Crippen LogP contribution in [0, 0.1) is 0 Å². The van der Waals surface area contributed by atoms with E-state index in [1.807, 2.05) is 85.1 Å². The lowest BCUT2D eigenvalue weighted by Crippen LogP contribution is -1.86. The summed E-state index contributed by atoms with van der Waals surface area (Å²) in [6, 6.07) is 34.7. The first kappa shape index (κ1) is 29.6. The zero-order valence-corrected chi connectivity index (χ0v) is 23.7. The van der Waals surface area contributed by atoms with Gasteiger partial charge in [0.1, 0.15) is 0 Å². The van der Waals surface area contributed by atoms with Crippen LogP contribution < -0.4 is 0 Å². The summed E-state index contributed by atoms with van der Waals surface area (Å²) in [7, 11) is 0. The largest absolute Gasteiger partial charge is 0.359 e. The third kappa shape index (κ3) is 8.54. The van der Waals surface area contributed by atoms with E-state index in [-0.39, 0.29) is 0 Å². The molecule has 0 radical (unpaired) electrons. The zero-order valence-electron chi connectivity index (χ0n) is 23.7. The predicted molar refractivity (Wildman–Crippen MR) is 182 cm³/mol. The van der Waals surface area contributed by atoms with Crippen molar-refractivity contribution in [2.24, 2.45) is 15.0 Å². The second kappa shape index (κ2) is 16.0. The van der Waals surface area contributed by atoms with Crippen molar-refractivity contribution < 1.29 is 0 Å². The number of aliphatic imine (C=N–C) groups is 3. The summed E-state index contributed by atoms with van der Waals surface area (Å²) in [6.45, 7) is 12.4. The molecule has 5 aromatic rings. The Morgan fingerprint density at radius 2 is 1.12 bits per heavy atom. The van der Waals surface area contributed by atoms with Crippen molar-refractivity contribution in [3.05, 3.63) is 149 Å². The lowest BCUT2D eigenvalue weighted by atomic mass is 10.0. The fraction of sp³-hybridized carbons (Fsp3) is 0.0811. The van der Waals surface area contributed by atoms with E-state index in [0.29, 0.717) is 6.54 Å². The molecule has 0 amide bonds. The van der Waals surface area contributed by atoms with Crippen molar-refractivity contribution >= 4 is 54.1 Å². The van der Waals surface area contributed by atoms with Gasteiger partial charge in [-0.3, -0.25) is 15.0 Å². The summed E-state index contributed by atoms with van der Waals surface area (Å²) in [5.41, 5.74) is 7.50. The molecule has 208 valence electrons. The van der Waals surface area contributed by atoms with Gasteiger partial charge < -0.3 is 4.98 Å². The van der Waals surface area contributed by atoms with Crippen LogP contribution in [0.5, 0.6) is 0 Å². The van der Waals surface area contributed by atoms with Crippen molar-refractivity contribution in [3.63, 3.8) is 0 Å². The third-order valence-corrected chi connectivity index (χ3v) is 6.41. The van der Waals surface area contributed by atoms with Crippen LogP contribution in [-0.2, 0) is 19.6 Å². The van der Waals surface area contributed by atoms with Gasteiger partial charge in [0.05, 0.1) is 36.4 Å². The molecule has 0 spiro atoms. The van der Waals surface area contributed by atoms with Gasteiger partial charge >= 0.3 is 0 Å². The van der Waals surface area contributed by atoms with Crippen LogP contribution >= 0.6 is 0 Å². The summed E-state index contributed by atoms with van der Waals surface area (Å²) < 4.78 is 0. The molecule has 0 atom stereocenters. The molecule has 1 aromatic heterocycles. The van der Waals surface area contributed by atoms with Gasteiger partial charge in [0.25, 0.3) is 0 Å². The molecule has 5 nitrogen and oxygen atoms in total. The number of nitrogens with zero attached hydrogens (tertiary/aromatic N) is 4. The molecule has 1 aliphatic rings. The van der Waals surface area contributed by atoms with E-state index in [0.717, 1.165) is 46.3 Å². The van der Waals surface area contributed by atoms with Crippen molar-refractivity contribution in [2.75, 3.05) is 0 Å². The van der Waals surface area contributed by atoms with E-state index in [2.05, 4.69) is 88.7 Å². The first-order valence-corrected chi connectivity index (χ1v) is 13.7. The smallest absolute Gasteiger partial charge is 0.0875 e.